The summed E-state index contributed by atoms with van der Waals surface area (Å²) >= 11 is 4.87. The van der Waals surface area contributed by atoms with Crippen LogP contribution in [0.4, 0.5) is 5.69 Å². The number of rotatable bonds is 5. The number of halogens is 1. The number of anilines is 1. The lowest BCUT2D eigenvalue weighted by molar-refractivity contribution is 0.0964. The molecule has 0 saturated carbocycles. The second-order valence-electron chi connectivity index (χ2n) is 5.89. The van der Waals surface area contributed by atoms with E-state index >= 15 is 0 Å². The Bertz CT molecular complexity index is 1130. The quantitative estimate of drug-likeness (QED) is 0.612. The van der Waals surface area contributed by atoms with Crippen LogP contribution in [0.2, 0.25) is 0 Å². The fraction of sp³-hybridized carbons (Fsp3) is 0.294. The third kappa shape index (κ3) is 3.61. The molecule has 1 N–H and O–H groups in total. The maximum atomic E-state index is 12.5. The number of amides is 1. The minimum Gasteiger partial charge on any atom is -0.454 e. The van der Waals surface area contributed by atoms with Gasteiger partial charge in [0.05, 0.1) is 27.4 Å². The Hall–Kier alpha value is -1.91. The van der Waals surface area contributed by atoms with Gasteiger partial charge in [0.2, 0.25) is 10.0 Å². The van der Waals surface area contributed by atoms with Crippen LogP contribution >= 0.6 is 27.3 Å². The Morgan fingerprint density at radius 1 is 1.41 bits per heavy atom. The van der Waals surface area contributed by atoms with E-state index in [4.69, 9.17) is 4.42 Å². The average molecular weight is 472 g/mol. The zero-order valence-electron chi connectivity index (χ0n) is 15.2. The minimum atomic E-state index is -3.45. The van der Waals surface area contributed by atoms with Crippen LogP contribution in [-0.4, -0.2) is 39.7 Å². The zero-order chi connectivity index (χ0) is 19.9. The lowest BCUT2D eigenvalue weighted by Gasteiger charge is -2.18. The van der Waals surface area contributed by atoms with Gasteiger partial charge >= 0.3 is 0 Å². The first kappa shape index (κ1) is 19.8. The van der Waals surface area contributed by atoms with Gasteiger partial charge in [0.15, 0.2) is 5.76 Å². The Morgan fingerprint density at radius 2 is 2.11 bits per heavy atom. The van der Waals surface area contributed by atoms with Crippen LogP contribution in [0.1, 0.15) is 22.3 Å². The van der Waals surface area contributed by atoms with Crippen molar-refractivity contribution in [1.29, 1.82) is 0 Å². The van der Waals surface area contributed by atoms with Crippen LogP contribution in [0.5, 0.6) is 0 Å². The van der Waals surface area contributed by atoms with E-state index in [9.17, 15) is 13.2 Å². The van der Waals surface area contributed by atoms with Crippen LogP contribution < -0.4 is 9.62 Å². The van der Waals surface area contributed by atoms with Gasteiger partial charge in [-0.2, -0.15) is 0 Å². The molecule has 27 heavy (non-hydrogen) atoms. The van der Waals surface area contributed by atoms with Crippen molar-refractivity contribution in [3.8, 4) is 10.6 Å². The summed E-state index contributed by atoms with van der Waals surface area (Å²) in [5, 5.41) is 4.16. The van der Waals surface area contributed by atoms with Crippen molar-refractivity contribution < 1.29 is 17.6 Å². The molecule has 0 aliphatic heterocycles. The minimum absolute atomic E-state index is 0.286. The van der Waals surface area contributed by atoms with Crippen molar-refractivity contribution in [3.63, 3.8) is 0 Å². The smallest absolute Gasteiger partial charge is 0.255 e. The van der Waals surface area contributed by atoms with Crippen LogP contribution in [0.3, 0.4) is 0 Å². The Morgan fingerprint density at radius 3 is 2.67 bits per heavy atom. The predicted octanol–water partition coefficient (Wildman–Crippen LogP) is 3.64. The van der Waals surface area contributed by atoms with Crippen molar-refractivity contribution in [1.82, 2.24) is 10.3 Å². The Kier molecular flexibility index (Phi) is 5.33. The Balaban J connectivity index is 2.29. The Labute approximate surface area is 169 Å². The molecule has 10 heteroatoms. The van der Waals surface area contributed by atoms with Crippen LogP contribution in [0.15, 0.2) is 27.2 Å². The van der Waals surface area contributed by atoms with Crippen molar-refractivity contribution in [2.75, 3.05) is 24.7 Å². The van der Waals surface area contributed by atoms with E-state index in [1.54, 1.807) is 25.4 Å². The van der Waals surface area contributed by atoms with Gasteiger partial charge in [0.25, 0.3) is 5.91 Å². The van der Waals surface area contributed by atoms with E-state index < -0.39 is 10.0 Å². The molecule has 1 aromatic carbocycles. The molecular weight excluding hydrogens is 454 g/mol. The molecule has 0 spiro atoms. The van der Waals surface area contributed by atoms with Gasteiger partial charge in [0.1, 0.15) is 5.58 Å². The first-order chi connectivity index (χ1) is 12.7. The van der Waals surface area contributed by atoms with E-state index in [-0.39, 0.29) is 5.91 Å². The first-order valence-corrected chi connectivity index (χ1v) is 11.5. The highest BCUT2D eigenvalue weighted by Gasteiger charge is 2.25. The molecule has 0 unspecified atom stereocenters. The third-order valence-corrected chi connectivity index (χ3v) is 7.10. The predicted molar refractivity (Wildman–Crippen MR) is 111 cm³/mol. The number of aromatic nitrogens is 1. The molecule has 0 radical (unpaired) electrons. The summed E-state index contributed by atoms with van der Waals surface area (Å²) in [5.74, 6) is 0.138. The molecule has 0 fully saturated rings. The van der Waals surface area contributed by atoms with Crippen LogP contribution in [-0.2, 0) is 16.4 Å². The number of nitrogens with one attached hydrogen (secondary N) is 1. The average Bonchev–Trinajstić information content (AvgIpc) is 3.22. The van der Waals surface area contributed by atoms with Crippen LogP contribution in [0.25, 0.3) is 21.6 Å². The number of hydrogen-bond donors (Lipinski definition) is 1. The molecule has 0 atom stereocenters. The van der Waals surface area contributed by atoms with Gasteiger partial charge in [-0.1, -0.05) is 6.92 Å². The van der Waals surface area contributed by atoms with E-state index in [0.717, 1.165) is 26.9 Å². The van der Waals surface area contributed by atoms with Crippen molar-refractivity contribution in [2.45, 2.75) is 13.3 Å². The monoisotopic (exact) mass is 471 g/mol. The standard InChI is InChI=1S/C17H18BrN3O4S2/c1-5-14-20-8-13(26-14)16-15(17(22)19-2)9-6-10(18)11(7-12(9)25-16)21(3)27(4,23)24/h6-8H,5H2,1-4H3,(H,19,22). The summed E-state index contributed by atoms with van der Waals surface area (Å²) in [5.41, 5.74) is 1.24. The number of hydrogen-bond acceptors (Lipinski definition) is 6. The number of aryl methyl sites for hydroxylation is 1. The van der Waals surface area contributed by atoms with E-state index in [1.165, 1.54) is 18.4 Å². The zero-order valence-corrected chi connectivity index (χ0v) is 18.4. The molecule has 7 nitrogen and oxygen atoms in total. The van der Waals surface area contributed by atoms with Gasteiger partial charge in [-0.25, -0.2) is 13.4 Å². The van der Waals surface area contributed by atoms with Crippen molar-refractivity contribution in [3.05, 3.63) is 33.4 Å². The lowest BCUT2D eigenvalue weighted by Crippen LogP contribution is -2.25. The largest absolute Gasteiger partial charge is 0.454 e. The molecule has 0 aliphatic carbocycles. The summed E-state index contributed by atoms with van der Waals surface area (Å²) < 4.78 is 31.5. The summed E-state index contributed by atoms with van der Waals surface area (Å²) in [4.78, 5) is 17.6. The molecular formula is C17H18BrN3O4S2. The number of sulfonamides is 1. The molecule has 1 amide bonds. The number of carbonyl (C=O) groups excluding carboxylic acids is 1. The fourth-order valence-electron chi connectivity index (χ4n) is 2.63. The first-order valence-electron chi connectivity index (χ1n) is 8.04. The number of furan rings is 1. The topological polar surface area (TPSA) is 92.5 Å². The molecule has 3 rings (SSSR count). The number of carbonyl (C=O) groups is 1. The van der Waals surface area contributed by atoms with Crippen molar-refractivity contribution in [2.24, 2.45) is 0 Å². The molecule has 3 aromatic rings. The number of benzene rings is 1. The van der Waals surface area contributed by atoms with Gasteiger partial charge in [-0.15, -0.1) is 11.3 Å². The summed E-state index contributed by atoms with van der Waals surface area (Å²) in [6.07, 6.45) is 3.60. The molecule has 0 bridgehead atoms. The molecule has 0 saturated heterocycles. The van der Waals surface area contributed by atoms with Gasteiger partial charge in [0, 0.05) is 36.2 Å². The van der Waals surface area contributed by atoms with Crippen LogP contribution in [0, 0.1) is 0 Å². The maximum Gasteiger partial charge on any atom is 0.255 e. The fourth-order valence-corrected chi connectivity index (χ4v) is 4.71. The molecule has 2 aromatic heterocycles. The normalized spacial score (nSPS) is 11.7. The molecule has 2 heterocycles. The van der Waals surface area contributed by atoms with Crippen molar-refractivity contribution >= 4 is 59.9 Å². The van der Waals surface area contributed by atoms with Gasteiger partial charge in [-0.3, -0.25) is 9.10 Å². The van der Waals surface area contributed by atoms with Gasteiger partial charge in [-0.05, 0) is 28.4 Å². The summed E-state index contributed by atoms with van der Waals surface area (Å²) in [6, 6.07) is 3.31. The second-order valence-corrected chi connectivity index (χ2v) is 9.87. The number of fused-ring (bicyclic) bond motifs is 1. The highest BCUT2D eigenvalue weighted by Crippen LogP contribution is 2.40. The number of nitrogens with zero attached hydrogens (tertiary/aromatic N) is 2. The third-order valence-electron chi connectivity index (χ3n) is 4.13. The number of thiazole rings is 1. The highest BCUT2D eigenvalue weighted by atomic mass is 79.9. The molecule has 144 valence electrons. The van der Waals surface area contributed by atoms with E-state index in [2.05, 4.69) is 26.2 Å². The maximum absolute atomic E-state index is 12.5. The summed E-state index contributed by atoms with van der Waals surface area (Å²) in [6.45, 7) is 2.01. The SMILES string of the molecule is CCc1ncc(-c2oc3cc(N(C)S(C)(=O)=O)c(Br)cc3c2C(=O)NC)s1. The van der Waals surface area contributed by atoms with E-state index in [0.29, 0.717) is 32.5 Å². The highest BCUT2D eigenvalue weighted by molar-refractivity contribution is 9.10. The van der Waals surface area contributed by atoms with E-state index in [1.807, 2.05) is 6.92 Å². The molecule has 0 aliphatic rings. The second kappa shape index (κ2) is 7.25. The van der Waals surface area contributed by atoms with Gasteiger partial charge < -0.3 is 9.73 Å². The lowest BCUT2D eigenvalue weighted by atomic mass is 10.1. The summed E-state index contributed by atoms with van der Waals surface area (Å²) in [7, 11) is -0.438.